The second-order valence-electron chi connectivity index (χ2n) is 4.17. The summed E-state index contributed by atoms with van der Waals surface area (Å²) in [6.07, 6.45) is 3.88. The van der Waals surface area contributed by atoms with Gasteiger partial charge in [0.2, 0.25) is 0 Å². The summed E-state index contributed by atoms with van der Waals surface area (Å²) in [6, 6.07) is 0. The molecule has 73 valence electrons. The van der Waals surface area contributed by atoms with Gasteiger partial charge < -0.3 is 4.74 Å². The Balaban J connectivity index is 3.39. The third-order valence-corrected chi connectivity index (χ3v) is 2.24. The zero-order valence-electron chi connectivity index (χ0n) is 8.97. The third-order valence-electron chi connectivity index (χ3n) is 2.24. The first kappa shape index (κ1) is 12.0. The van der Waals surface area contributed by atoms with Crippen molar-refractivity contribution in [3.05, 3.63) is 6.92 Å². The zero-order chi connectivity index (χ0) is 9.56. The first-order valence-electron chi connectivity index (χ1n) is 4.92. The minimum Gasteiger partial charge on any atom is -0.381 e. The molecule has 0 aromatic heterocycles. The van der Waals surface area contributed by atoms with Crippen molar-refractivity contribution in [2.75, 3.05) is 7.11 Å². The largest absolute Gasteiger partial charge is 0.381 e. The summed E-state index contributed by atoms with van der Waals surface area (Å²) in [5.74, 6) is 1.56. The van der Waals surface area contributed by atoms with Crippen LogP contribution in [0.2, 0.25) is 0 Å². The summed E-state index contributed by atoms with van der Waals surface area (Å²) in [4.78, 5) is 0. The van der Waals surface area contributed by atoms with Crippen LogP contribution >= 0.6 is 0 Å². The first-order valence-corrected chi connectivity index (χ1v) is 4.92. The molecule has 0 aliphatic rings. The van der Waals surface area contributed by atoms with Gasteiger partial charge >= 0.3 is 0 Å². The van der Waals surface area contributed by atoms with E-state index in [1.165, 1.54) is 12.8 Å². The molecule has 0 fully saturated rings. The Morgan fingerprint density at radius 3 is 2.17 bits per heavy atom. The third kappa shape index (κ3) is 6.66. The lowest BCUT2D eigenvalue weighted by molar-refractivity contribution is 0.115. The van der Waals surface area contributed by atoms with Gasteiger partial charge in [-0.15, -0.1) is 0 Å². The fourth-order valence-electron chi connectivity index (χ4n) is 1.28. The van der Waals surface area contributed by atoms with Crippen LogP contribution in [-0.4, -0.2) is 13.2 Å². The van der Waals surface area contributed by atoms with Crippen molar-refractivity contribution in [3.63, 3.8) is 0 Å². The molecule has 0 N–H and O–H groups in total. The molecule has 2 unspecified atom stereocenters. The van der Waals surface area contributed by atoms with Gasteiger partial charge in [-0.25, -0.2) is 0 Å². The van der Waals surface area contributed by atoms with Crippen molar-refractivity contribution in [2.24, 2.45) is 11.8 Å². The summed E-state index contributed by atoms with van der Waals surface area (Å²) in [6.45, 7) is 10.7. The van der Waals surface area contributed by atoms with Gasteiger partial charge in [-0.05, 0) is 25.2 Å². The Kier molecular flexibility index (Phi) is 6.45. The Labute approximate surface area is 77.5 Å². The van der Waals surface area contributed by atoms with Crippen molar-refractivity contribution >= 4 is 0 Å². The van der Waals surface area contributed by atoms with E-state index < -0.39 is 0 Å². The predicted molar refractivity (Wildman–Crippen MR) is 54.0 cm³/mol. The Morgan fingerprint density at radius 2 is 1.75 bits per heavy atom. The van der Waals surface area contributed by atoms with E-state index in [2.05, 4.69) is 27.7 Å². The van der Waals surface area contributed by atoms with Gasteiger partial charge in [-0.3, -0.25) is 0 Å². The molecule has 0 aromatic rings. The minimum absolute atomic E-state index is 0.173. The summed E-state index contributed by atoms with van der Waals surface area (Å²) in [5, 5.41) is 0. The Morgan fingerprint density at radius 1 is 1.17 bits per heavy atom. The number of hydrogen-bond donors (Lipinski definition) is 0. The Bertz CT molecular complexity index is 99.2. The van der Waals surface area contributed by atoms with Crippen molar-refractivity contribution in [3.8, 4) is 0 Å². The maximum absolute atomic E-state index is 5.12. The fraction of sp³-hybridized carbons (Fsp3) is 0.909. The van der Waals surface area contributed by atoms with Crippen LogP contribution < -0.4 is 0 Å². The van der Waals surface area contributed by atoms with E-state index in [9.17, 15) is 0 Å². The van der Waals surface area contributed by atoms with E-state index in [1.807, 2.05) is 0 Å². The molecule has 12 heavy (non-hydrogen) atoms. The van der Waals surface area contributed by atoms with Crippen LogP contribution in [0.4, 0.5) is 0 Å². The highest BCUT2D eigenvalue weighted by Gasteiger charge is 2.08. The lowest BCUT2D eigenvalue weighted by Crippen LogP contribution is -2.11. The van der Waals surface area contributed by atoms with Gasteiger partial charge in [0.25, 0.3) is 0 Å². The normalized spacial score (nSPS) is 16.5. The smallest absolute Gasteiger partial charge is 0.0574 e. The minimum atomic E-state index is 0.173. The van der Waals surface area contributed by atoms with Crippen molar-refractivity contribution < 1.29 is 4.74 Å². The highest BCUT2D eigenvalue weighted by molar-refractivity contribution is 4.65. The Hall–Kier alpha value is -0.0400. The van der Waals surface area contributed by atoms with Crippen molar-refractivity contribution in [1.29, 1.82) is 0 Å². The van der Waals surface area contributed by atoms with Crippen molar-refractivity contribution in [1.82, 2.24) is 0 Å². The first-order chi connectivity index (χ1) is 5.56. The summed E-state index contributed by atoms with van der Waals surface area (Å²) in [7, 11) is 1.73. The number of rotatable bonds is 6. The lowest BCUT2D eigenvalue weighted by Gasteiger charge is -2.16. The van der Waals surface area contributed by atoms with Gasteiger partial charge in [0.1, 0.15) is 0 Å². The molecule has 1 radical (unpaired) electrons. The molecule has 2 atom stereocenters. The molecule has 0 heterocycles. The molecular formula is C11H23O. The molecule has 0 spiro atoms. The molecular weight excluding hydrogens is 148 g/mol. The quantitative estimate of drug-likeness (QED) is 0.596. The van der Waals surface area contributed by atoms with Crippen LogP contribution in [0.5, 0.6) is 0 Å². The molecule has 0 aliphatic heterocycles. The molecule has 0 aromatic carbocycles. The van der Waals surface area contributed by atoms with Crippen LogP contribution in [-0.2, 0) is 4.74 Å². The zero-order valence-corrected chi connectivity index (χ0v) is 8.97. The summed E-state index contributed by atoms with van der Waals surface area (Å²) < 4.78 is 5.12. The van der Waals surface area contributed by atoms with Crippen LogP contribution in [0, 0.1) is 18.8 Å². The summed E-state index contributed by atoms with van der Waals surface area (Å²) >= 11 is 0. The summed E-state index contributed by atoms with van der Waals surface area (Å²) in [5.41, 5.74) is 0. The maximum Gasteiger partial charge on any atom is 0.0574 e. The van der Waals surface area contributed by atoms with Crippen LogP contribution in [0.1, 0.15) is 40.0 Å². The van der Waals surface area contributed by atoms with Crippen LogP contribution in [0.3, 0.4) is 0 Å². The highest BCUT2D eigenvalue weighted by atomic mass is 16.5. The van der Waals surface area contributed by atoms with Gasteiger partial charge in [0.05, 0.1) is 6.10 Å². The number of ether oxygens (including phenoxy) is 1. The average Bonchev–Trinajstić information content (AvgIpc) is 2.00. The van der Waals surface area contributed by atoms with Crippen LogP contribution in [0.25, 0.3) is 0 Å². The van der Waals surface area contributed by atoms with E-state index in [1.54, 1.807) is 7.11 Å². The van der Waals surface area contributed by atoms with Gasteiger partial charge in [-0.2, -0.15) is 0 Å². The molecule has 0 saturated carbocycles. The van der Waals surface area contributed by atoms with E-state index in [0.29, 0.717) is 0 Å². The van der Waals surface area contributed by atoms with Gasteiger partial charge in [-0.1, -0.05) is 33.6 Å². The molecule has 0 rings (SSSR count). The fourth-order valence-corrected chi connectivity index (χ4v) is 1.28. The average molecular weight is 171 g/mol. The number of methoxy groups -OCH3 is 1. The van der Waals surface area contributed by atoms with E-state index in [-0.39, 0.29) is 6.10 Å². The van der Waals surface area contributed by atoms with E-state index in [4.69, 9.17) is 4.74 Å². The second kappa shape index (κ2) is 6.47. The standard InChI is InChI=1S/C11H23O/c1-9(2)6-7-10(3)8-11(4)12-5/h9-11H,4,6-8H2,1-3,5H3. The molecule has 0 saturated heterocycles. The molecule has 0 amide bonds. The van der Waals surface area contributed by atoms with Crippen molar-refractivity contribution in [2.45, 2.75) is 46.1 Å². The topological polar surface area (TPSA) is 9.23 Å². The monoisotopic (exact) mass is 171 g/mol. The molecule has 1 nitrogen and oxygen atoms in total. The predicted octanol–water partition coefficient (Wildman–Crippen LogP) is 3.30. The second-order valence-corrected chi connectivity index (χ2v) is 4.17. The van der Waals surface area contributed by atoms with E-state index >= 15 is 0 Å². The molecule has 0 bridgehead atoms. The SMILES string of the molecule is [CH2]C(CC(C)CCC(C)C)OC. The molecule has 0 aliphatic carbocycles. The van der Waals surface area contributed by atoms with Crippen LogP contribution in [0.15, 0.2) is 0 Å². The number of hydrogen-bond acceptors (Lipinski definition) is 1. The molecule has 1 heteroatoms. The highest BCUT2D eigenvalue weighted by Crippen LogP contribution is 2.17. The van der Waals surface area contributed by atoms with E-state index in [0.717, 1.165) is 18.3 Å². The van der Waals surface area contributed by atoms with Gasteiger partial charge in [0.15, 0.2) is 0 Å². The van der Waals surface area contributed by atoms with Gasteiger partial charge in [0, 0.05) is 7.11 Å². The lowest BCUT2D eigenvalue weighted by atomic mass is 9.95. The maximum atomic E-state index is 5.12.